The summed E-state index contributed by atoms with van der Waals surface area (Å²) in [5.74, 6) is -0.858. The predicted octanol–water partition coefficient (Wildman–Crippen LogP) is 4.01. The number of unbranched alkanes of at least 4 members (excludes halogenated alkanes) is 4. The average molecular weight is 244 g/mol. The van der Waals surface area contributed by atoms with Crippen molar-refractivity contribution >= 4 is 5.97 Å². The van der Waals surface area contributed by atoms with Gasteiger partial charge < -0.3 is 9.84 Å². The highest BCUT2D eigenvalue weighted by Crippen LogP contribution is 2.26. The number of carboxylic acid groups (broad SMARTS) is 1. The van der Waals surface area contributed by atoms with Crippen LogP contribution in [0.1, 0.15) is 73.1 Å². The molecule has 0 aromatic carbocycles. The predicted molar refractivity (Wildman–Crippen MR) is 70.3 cm³/mol. The summed E-state index contributed by atoms with van der Waals surface area (Å²) in [5, 5.41) is 9.27. The normalized spacial score (nSPS) is 15.6. The minimum absolute atomic E-state index is 0.420. The van der Waals surface area contributed by atoms with Crippen LogP contribution in [-0.4, -0.2) is 22.3 Å². The molecule has 3 nitrogen and oxygen atoms in total. The Labute approximate surface area is 106 Å². The lowest BCUT2D eigenvalue weighted by atomic mass is 9.96. The Morgan fingerprint density at radius 3 is 2.00 bits per heavy atom. The van der Waals surface area contributed by atoms with Crippen molar-refractivity contribution in [2.75, 3.05) is 0 Å². The largest absolute Gasteiger partial charge is 0.479 e. The molecule has 0 aliphatic heterocycles. The molecule has 0 fully saturated rings. The highest BCUT2D eigenvalue weighted by atomic mass is 16.5. The van der Waals surface area contributed by atoms with Crippen molar-refractivity contribution in [2.24, 2.45) is 0 Å². The highest BCUT2D eigenvalue weighted by Gasteiger charge is 2.37. The Bertz CT molecular complexity index is 230. The molecule has 0 bridgehead atoms. The Morgan fingerprint density at radius 1 is 1.06 bits per heavy atom. The molecule has 0 radical (unpaired) electrons. The van der Waals surface area contributed by atoms with Crippen LogP contribution in [0.4, 0.5) is 0 Å². The van der Waals surface area contributed by atoms with E-state index in [1.807, 2.05) is 20.8 Å². The lowest BCUT2D eigenvalue weighted by Crippen LogP contribution is -2.44. The van der Waals surface area contributed by atoms with E-state index in [0.717, 1.165) is 12.8 Å². The van der Waals surface area contributed by atoms with E-state index in [-0.39, 0.29) is 0 Å². The molecule has 102 valence electrons. The average Bonchev–Trinajstić information content (AvgIpc) is 2.14. The van der Waals surface area contributed by atoms with Gasteiger partial charge in [-0.05, 0) is 40.5 Å². The van der Waals surface area contributed by atoms with Gasteiger partial charge in [0.25, 0.3) is 0 Å². The van der Waals surface area contributed by atoms with E-state index in [0.29, 0.717) is 6.42 Å². The second-order valence-corrected chi connectivity index (χ2v) is 5.91. The zero-order valence-electron chi connectivity index (χ0n) is 12.0. The molecule has 0 aliphatic rings. The topological polar surface area (TPSA) is 46.5 Å². The molecular weight excluding hydrogens is 216 g/mol. The first-order valence-corrected chi connectivity index (χ1v) is 6.65. The van der Waals surface area contributed by atoms with Gasteiger partial charge >= 0.3 is 5.97 Å². The van der Waals surface area contributed by atoms with Crippen molar-refractivity contribution < 1.29 is 14.6 Å². The Hall–Kier alpha value is -0.570. The Balaban J connectivity index is 4.19. The SMILES string of the molecule is CCCCCCCC(C)(OC(C)(C)C)C(=O)O. The van der Waals surface area contributed by atoms with Crippen molar-refractivity contribution in [1.29, 1.82) is 0 Å². The Morgan fingerprint density at radius 2 is 1.59 bits per heavy atom. The fourth-order valence-electron chi connectivity index (χ4n) is 1.94. The minimum atomic E-state index is -1.05. The quantitative estimate of drug-likeness (QED) is 0.656. The van der Waals surface area contributed by atoms with Crippen LogP contribution >= 0.6 is 0 Å². The third-order valence-corrected chi connectivity index (χ3v) is 2.74. The molecule has 1 atom stereocenters. The van der Waals surface area contributed by atoms with E-state index in [9.17, 15) is 9.90 Å². The van der Waals surface area contributed by atoms with Gasteiger partial charge in [0.2, 0.25) is 0 Å². The van der Waals surface area contributed by atoms with Crippen LogP contribution in [0.5, 0.6) is 0 Å². The van der Waals surface area contributed by atoms with Gasteiger partial charge in [0, 0.05) is 0 Å². The Kier molecular flexibility index (Phi) is 6.76. The van der Waals surface area contributed by atoms with Gasteiger partial charge in [0.15, 0.2) is 5.60 Å². The van der Waals surface area contributed by atoms with Crippen LogP contribution in [0.25, 0.3) is 0 Å². The number of carbonyl (C=O) groups is 1. The third kappa shape index (κ3) is 7.37. The molecule has 3 heteroatoms. The molecule has 0 aromatic rings. The van der Waals surface area contributed by atoms with Crippen molar-refractivity contribution in [3.63, 3.8) is 0 Å². The summed E-state index contributed by atoms with van der Waals surface area (Å²) in [6, 6.07) is 0. The molecule has 1 unspecified atom stereocenters. The van der Waals surface area contributed by atoms with E-state index in [4.69, 9.17) is 4.74 Å². The first kappa shape index (κ1) is 16.4. The minimum Gasteiger partial charge on any atom is -0.479 e. The molecule has 0 amide bonds. The van der Waals surface area contributed by atoms with Gasteiger partial charge in [-0.1, -0.05) is 32.6 Å². The molecular formula is C14H28O3. The van der Waals surface area contributed by atoms with Gasteiger partial charge in [-0.15, -0.1) is 0 Å². The monoisotopic (exact) mass is 244 g/mol. The molecule has 0 heterocycles. The number of ether oxygens (including phenoxy) is 1. The molecule has 0 aromatic heterocycles. The number of carboxylic acids is 1. The number of rotatable bonds is 8. The maximum Gasteiger partial charge on any atom is 0.335 e. The molecule has 0 aliphatic carbocycles. The summed E-state index contributed by atoms with van der Waals surface area (Å²) in [7, 11) is 0. The van der Waals surface area contributed by atoms with Crippen LogP contribution in [0, 0.1) is 0 Å². The van der Waals surface area contributed by atoms with E-state index >= 15 is 0 Å². The first-order chi connectivity index (χ1) is 7.71. The smallest absolute Gasteiger partial charge is 0.335 e. The molecule has 0 spiro atoms. The van der Waals surface area contributed by atoms with E-state index in [1.165, 1.54) is 19.3 Å². The van der Waals surface area contributed by atoms with E-state index in [2.05, 4.69) is 6.92 Å². The standard InChI is InChI=1S/C14H28O3/c1-6-7-8-9-10-11-14(5,12(15)16)17-13(2,3)4/h6-11H2,1-5H3,(H,15,16). The maximum absolute atomic E-state index is 11.3. The molecule has 0 rings (SSSR count). The zero-order valence-corrected chi connectivity index (χ0v) is 12.0. The van der Waals surface area contributed by atoms with Crippen molar-refractivity contribution in [3.05, 3.63) is 0 Å². The van der Waals surface area contributed by atoms with Crippen LogP contribution < -0.4 is 0 Å². The summed E-state index contributed by atoms with van der Waals surface area (Å²) < 4.78 is 5.69. The lowest BCUT2D eigenvalue weighted by molar-refractivity contribution is -0.182. The highest BCUT2D eigenvalue weighted by molar-refractivity contribution is 5.76. The summed E-state index contributed by atoms with van der Waals surface area (Å²) in [6.07, 6.45) is 6.20. The molecule has 1 N–H and O–H groups in total. The maximum atomic E-state index is 11.3. The first-order valence-electron chi connectivity index (χ1n) is 6.65. The fraction of sp³-hybridized carbons (Fsp3) is 0.929. The van der Waals surface area contributed by atoms with Crippen molar-refractivity contribution in [2.45, 2.75) is 84.3 Å². The van der Waals surface area contributed by atoms with Crippen molar-refractivity contribution in [1.82, 2.24) is 0 Å². The summed E-state index contributed by atoms with van der Waals surface area (Å²) in [4.78, 5) is 11.3. The summed E-state index contributed by atoms with van der Waals surface area (Å²) in [6.45, 7) is 9.53. The zero-order chi connectivity index (χ0) is 13.5. The second kappa shape index (κ2) is 7.00. The van der Waals surface area contributed by atoms with Crippen LogP contribution in [0.15, 0.2) is 0 Å². The summed E-state index contributed by atoms with van der Waals surface area (Å²) in [5.41, 5.74) is -1.47. The van der Waals surface area contributed by atoms with Gasteiger partial charge in [-0.2, -0.15) is 0 Å². The van der Waals surface area contributed by atoms with Gasteiger partial charge in [0.05, 0.1) is 5.60 Å². The van der Waals surface area contributed by atoms with Gasteiger partial charge in [-0.3, -0.25) is 0 Å². The summed E-state index contributed by atoms with van der Waals surface area (Å²) >= 11 is 0. The van der Waals surface area contributed by atoms with E-state index in [1.54, 1.807) is 6.92 Å². The van der Waals surface area contributed by atoms with Gasteiger partial charge in [-0.25, -0.2) is 4.79 Å². The number of hydrogen-bond acceptors (Lipinski definition) is 2. The molecule has 0 saturated carbocycles. The third-order valence-electron chi connectivity index (χ3n) is 2.74. The molecule has 17 heavy (non-hydrogen) atoms. The van der Waals surface area contributed by atoms with E-state index < -0.39 is 17.2 Å². The fourth-order valence-corrected chi connectivity index (χ4v) is 1.94. The molecule has 0 saturated heterocycles. The number of hydrogen-bond donors (Lipinski definition) is 1. The van der Waals surface area contributed by atoms with Gasteiger partial charge in [0.1, 0.15) is 0 Å². The van der Waals surface area contributed by atoms with Crippen molar-refractivity contribution in [3.8, 4) is 0 Å². The lowest BCUT2D eigenvalue weighted by Gasteiger charge is -2.33. The van der Waals surface area contributed by atoms with Crippen LogP contribution in [0.3, 0.4) is 0 Å². The second-order valence-electron chi connectivity index (χ2n) is 5.91. The van der Waals surface area contributed by atoms with Crippen LogP contribution in [-0.2, 0) is 9.53 Å². The van der Waals surface area contributed by atoms with Crippen LogP contribution in [0.2, 0.25) is 0 Å². The number of aliphatic carboxylic acids is 1.